The fourth-order valence-electron chi connectivity index (χ4n) is 10.4. The van der Waals surface area contributed by atoms with Crippen molar-refractivity contribution in [3.05, 3.63) is 150 Å². The molecule has 76 heavy (non-hydrogen) atoms. The molecule has 0 bridgehead atoms. The number of aliphatic hydroxyl groups excluding tert-OH is 1. The summed E-state index contributed by atoms with van der Waals surface area (Å²) in [5.74, 6) is -0.598. The fourth-order valence-corrected chi connectivity index (χ4v) is 14.6. The highest BCUT2D eigenvalue weighted by Crippen LogP contribution is 2.55. The fraction of sp³-hybridized carbons (Fsp3) is 0.339. The van der Waals surface area contributed by atoms with Crippen molar-refractivity contribution in [3.63, 3.8) is 0 Å². The van der Waals surface area contributed by atoms with Crippen molar-refractivity contribution < 1.29 is 45.7 Å². The summed E-state index contributed by atoms with van der Waals surface area (Å²) in [5, 5.41) is 24.1. The summed E-state index contributed by atoms with van der Waals surface area (Å²) in [6, 6.07) is 35.2. The molecule has 13 nitrogen and oxygen atoms in total. The highest BCUT2D eigenvalue weighted by molar-refractivity contribution is 7.99. The van der Waals surface area contributed by atoms with Crippen LogP contribution in [-0.2, 0) is 18.9 Å². The maximum absolute atomic E-state index is 15.1. The van der Waals surface area contributed by atoms with E-state index in [0.717, 1.165) is 39.2 Å². The molecule has 4 heterocycles. The number of benzene rings is 5. The smallest absolute Gasteiger partial charge is 0.478 e. The summed E-state index contributed by atoms with van der Waals surface area (Å²) in [7, 11) is -10.2. The van der Waals surface area contributed by atoms with E-state index in [4.69, 9.17) is 16.1 Å². The van der Waals surface area contributed by atoms with Gasteiger partial charge in [-0.1, -0.05) is 54.1 Å². The zero-order chi connectivity index (χ0) is 53.9. The van der Waals surface area contributed by atoms with Crippen LogP contribution in [0.2, 0.25) is 5.02 Å². The molecular formula is C56H61ClF3N6O7PS2. The number of piperazine rings is 1. The number of piperidine rings is 1. The largest absolute Gasteiger partial charge is 0.501 e. The van der Waals surface area contributed by atoms with Crippen molar-refractivity contribution in [2.45, 2.75) is 73.5 Å². The first-order valence-electron chi connectivity index (χ1n) is 25.3. The average Bonchev–Trinajstić information content (AvgIpc) is 3.84. The van der Waals surface area contributed by atoms with Gasteiger partial charge in [-0.05, 0) is 136 Å². The second kappa shape index (κ2) is 23.0. The molecule has 6 aromatic rings. The number of hydrogen-bond donors (Lipinski definition) is 3. The molecule has 2 fully saturated rings. The van der Waals surface area contributed by atoms with Gasteiger partial charge in [-0.3, -0.25) is 4.67 Å². The van der Waals surface area contributed by atoms with Crippen LogP contribution >= 0.6 is 30.9 Å². The van der Waals surface area contributed by atoms with Crippen molar-refractivity contribution in [1.82, 2.24) is 9.47 Å². The van der Waals surface area contributed by atoms with Gasteiger partial charge in [-0.15, -0.1) is 11.8 Å². The standard InChI is InChI=1S/C56H61ClF3N6O7PS2/c1-38(2)66-39(3)52(55(68)69)53(54(66)40-13-15-42(57)16-14-40)41-9-7-10-46(35-41)64-32-30-63(31-33-64)44-17-19-45(20-18-44)65-26-8-34-73-74(65,70)48-21-22-50(51(36-48)76(71,72)56(58,59)60)61-43(37-75-49-11-5-4-6-12-49)23-27-62-28-24-47(67)25-29-62/h4-22,34-36,38,43,47,61,67H,23-33,37H2,1-3H3,(H,68,69)/t43?,74-/m0/s1. The minimum absolute atomic E-state index is 0.0224. The summed E-state index contributed by atoms with van der Waals surface area (Å²) in [5.41, 5.74) is 0.361. The molecule has 9 rings (SSSR count). The number of aliphatic hydroxyl groups is 1. The Balaban J connectivity index is 0.935. The number of sulfone groups is 1. The molecule has 20 heteroatoms. The topological polar surface area (TPSA) is 148 Å². The lowest BCUT2D eigenvalue weighted by Crippen LogP contribution is -2.46. The second-order valence-electron chi connectivity index (χ2n) is 19.5. The number of aromatic carboxylic acids is 1. The summed E-state index contributed by atoms with van der Waals surface area (Å²) in [6.07, 6.45) is 4.18. The van der Waals surface area contributed by atoms with E-state index in [1.807, 2.05) is 99.6 Å². The Morgan fingerprint density at radius 2 is 1.50 bits per heavy atom. The molecule has 2 atom stereocenters. The highest BCUT2D eigenvalue weighted by atomic mass is 35.5. The molecule has 0 spiro atoms. The van der Waals surface area contributed by atoms with Crippen LogP contribution < -0.4 is 25.1 Å². The number of carboxylic acids is 1. The normalized spacial score (nSPS) is 18.2. The number of halogens is 4. The van der Waals surface area contributed by atoms with E-state index in [0.29, 0.717) is 92.8 Å². The summed E-state index contributed by atoms with van der Waals surface area (Å²) < 4.78 is 95.1. The molecule has 0 aliphatic carbocycles. The summed E-state index contributed by atoms with van der Waals surface area (Å²) in [6.45, 7) is 10.5. The van der Waals surface area contributed by atoms with E-state index >= 15 is 4.57 Å². The quantitative estimate of drug-likeness (QED) is 0.0588. The molecule has 0 saturated carbocycles. The van der Waals surface area contributed by atoms with E-state index in [2.05, 4.69) is 24.6 Å². The first-order chi connectivity index (χ1) is 36.3. The van der Waals surface area contributed by atoms with Gasteiger partial charge < -0.3 is 39.3 Å². The Hall–Kier alpha value is -5.88. The Morgan fingerprint density at radius 1 is 0.842 bits per heavy atom. The lowest BCUT2D eigenvalue weighted by Gasteiger charge is -2.38. The van der Waals surface area contributed by atoms with Crippen LogP contribution in [0.5, 0.6) is 0 Å². The lowest BCUT2D eigenvalue weighted by molar-refractivity contribution is -0.0435. The number of anilines is 4. The van der Waals surface area contributed by atoms with Crippen LogP contribution in [0.25, 0.3) is 22.4 Å². The van der Waals surface area contributed by atoms with E-state index in [-0.39, 0.29) is 35.2 Å². The molecule has 5 aromatic carbocycles. The first kappa shape index (κ1) is 54.9. The Bertz CT molecular complexity index is 3220. The Labute approximate surface area is 451 Å². The molecule has 2 saturated heterocycles. The van der Waals surface area contributed by atoms with Crippen LogP contribution in [-0.4, -0.2) is 110 Å². The predicted octanol–water partition coefficient (Wildman–Crippen LogP) is 12.0. The number of alkyl halides is 3. The number of thioether (sulfide) groups is 1. The average molecular weight is 1120 g/mol. The Kier molecular flexibility index (Phi) is 16.6. The number of rotatable bonds is 17. The number of likely N-dealkylation sites (tertiary alicyclic amines) is 1. The molecule has 3 aliphatic heterocycles. The summed E-state index contributed by atoms with van der Waals surface area (Å²) >= 11 is 7.77. The van der Waals surface area contributed by atoms with Crippen LogP contribution in [0.1, 0.15) is 55.2 Å². The second-order valence-corrected chi connectivity index (χ2v) is 25.2. The SMILES string of the molecule is Cc1c(C(=O)O)c(-c2cccc(N3CCN(c4ccc(N5CC=CO[P@@]5(=O)c5ccc(NC(CCN6CCC(O)CC6)CSc6ccccc6)c(S(=O)(=O)C(F)(F)F)c5)cc4)CC3)c2)c(-c2ccc(Cl)cc2)n1C(C)C. The zero-order valence-corrected chi connectivity index (χ0v) is 45.6. The highest BCUT2D eigenvalue weighted by Gasteiger charge is 2.49. The van der Waals surface area contributed by atoms with Crippen LogP contribution in [0.15, 0.2) is 143 Å². The van der Waals surface area contributed by atoms with Crippen molar-refractivity contribution in [3.8, 4) is 22.4 Å². The van der Waals surface area contributed by atoms with Gasteiger partial charge in [0.25, 0.3) is 9.84 Å². The monoisotopic (exact) mass is 1120 g/mol. The van der Waals surface area contributed by atoms with Crippen LogP contribution in [0.4, 0.5) is 35.9 Å². The van der Waals surface area contributed by atoms with E-state index in [9.17, 15) is 36.6 Å². The molecule has 1 aromatic heterocycles. The van der Waals surface area contributed by atoms with E-state index in [1.54, 1.807) is 30.3 Å². The Morgan fingerprint density at radius 3 is 2.14 bits per heavy atom. The predicted molar refractivity (Wildman–Crippen MR) is 299 cm³/mol. The number of aromatic nitrogens is 1. The number of nitrogens with one attached hydrogen (secondary N) is 1. The van der Waals surface area contributed by atoms with Gasteiger partial charge in [0, 0.05) is 108 Å². The van der Waals surface area contributed by atoms with Gasteiger partial charge in [-0.25, -0.2) is 17.8 Å². The zero-order valence-electron chi connectivity index (χ0n) is 42.4. The van der Waals surface area contributed by atoms with Crippen molar-refractivity contribution in [1.29, 1.82) is 0 Å². The summed E-state index contributed by atoms with van der Waals surface area (Å²) in [4.78, 5) is 19.5. The minimum Gasteiger partial charge on any atom is -0.478 e. The maximum atomic E-state index is 15.1. The van der Waals surface area contributed by atoms with E-state index < -0.39 is 39.8 Å². The third kappa shape index (κ3) is 11.7. The molecular weight excluding hydrogens is 1060 g/mol. The molecule has 3 aliphatic rings. The van der Waals surface area contributed by atoms with Crippen molar-refractivity contribution in [2.24, 2.45) is 0 Å². The van der Waals surface area contributed by atoms with Crippen molar-refractivity contribution in [2.75, 3.05) is 77.9 Å². The third-order valence-electron chi connectivity index (χ3n) is 14.3. The number of carboxylic acid groups (broad SMARTS) is 1. The van der Waals surface area contributed by atoms with E-state index in [1.165, 1.54) is 34.8 Å². The lowest BCUT2D eigenvalue weighted by atomic mass is 9.96. The van der Waals surface area contributed by atoms with Gasteiger partial charge in [0.05, 0.1) is 34.6 Å². The van der Waals surface area contributed by atoms with Crippen LogP contribution in [0.3, 0.4) is 0 Å². The molecule has 402 valence electrons. The molecule has 0 radical (unpaired) electrons. The van der Waals surface area contributed by atoms with Crippen molar-refractivity contribution >= 4 is 74.7 Å². The van der Waals surface area contributed by atoms with Gasteiger partial charge in [-0.2, -0.15) is 13.2 Å². The molecule has 1 unspecified atom stereocenters. The minimum atomic E-state index is -5.96. The van der Waals surface area contributed by atoms with Gasteiger partial charge in [0.2, 0.25) is 0 Å². The number of nitrogens with zero attached hydrogens (tertiary/aromatic N) is 5. The maximum Gasteiger partial charge on any atom is 0.501 e. The van der Waals surface area contributed by atoms with Gasteiger partial charge in [0.1, 0.15) is 4.90 Å². The number of hydrogen-bond acceptors (Lipinski definition) is 11. The van der Waals surface area contributed by atoms with Crippen LogP contribution in [0, 0.1) is 6.92 Å². The van der Waals surface area contributed by atoms with Gasteiger partial charge in [0.15, 0.2) is 0 Å². The first-order valence-corrected chi connectivity index (χ1v) is 29.7. The van der Waals surface area contributed by atoms with Gasteiger partial charge >= 0.3 is 19.0 Å². The number of carbonyl (C=O) groups is 1. The molecule has 3 N–H and O–H groups in total. The molecule has 0 amide bonds. The third-order valence-corrected chi connectivity index (χ3v) is 19.6.